The number of nitrogens with zero attached hydrogens (tertiary/aromatic N) is 3. The van der Waals surface area contributed by atoms with Crippen LogP contribution in [0, 0.1) is 13.8 Å². The number of carbonyl (C=O) groups excluding carboxylic acids is 1. The predicted octanol–water partition coefficient (Wildman–Crippen LogP) is 3.08. The van der Waals surface area contributed by atoms with Crippen LogP contribution in [0.3, 0.4) is 0 Å². The fraction of sp³-hybridized carbons (Fsp3) is 0.357. The molecule has 8 heteroatoms. The number of pyridine rings is 1. The van der Waals surface area contributed by atoms with E-state index in [0.717, 1.165) is 16.8 Å². The second kappa shape index (κ2) is 5.78. The number of hydrogen-bond donors (Lipinski definition) is 0. The fourth-order valence-electron chi connectivity index (χ4n) is 1.95. The molecule has 2 heterocycles. The number of esters is 1. The van der Waals surface area contributed by atoms with E-state index in [1.807, 2.05) is 0 Å². The highest BCUT2D eigenvalue weighted by Crippen LogP contribution is 2.30. The van der Waals surface area contributed by atoms with Gasteiger partial charge in [-0.25, -0.2) is 14.5 Å². The van der Waals surface area contributed by atoms with E-state index in [9.17, 15) is 18.0 Å². The average Bonchev–Trinajstić information content (AvgIpc) is 2.79. The van der Waals surface area contributed by atoms with Gasteiger partial charge >= 0.3 is 12.1 Å². The molecule has 0 spiro atoms. The number of aryl methyl sites for hydroxylation is 2. The van der Waals surface area contributed by atoms with Crippen LogP contribution in [0.5, 0.6) is 0 Å². The first kappa shape index (κ1) is 16.0. The van der Waals surface area contributed by atoms with Crippen LogP contribution in [-0.2, 0) is 10.9 Å². The molecule has 0 saturated carbocycles. The van der Waals surface area contributed by atoms with Crippen LogP contribution in [0.15, 0.2) is 18.2 Å². The zero-order chi connectivity index (χ0) is 16.5. The van der Waals surface area contributed by atoms with Gasteiger partial charge in [-0.1, -0.05) is 0 Å². The van der Waals surface area contributed by atoms with E-state index >= 15 is 0 Å². The van der Waals surface area contributed by atoms with Crippen LogP contribution >= 0.6 is 0 Å². The van der Waals surface area contributed by atoms with E-state index in [-0.39, 0.29) is 23.8 Å². The summed E-state index contributed by atoms with van der Waals surface area (Å²) in [5.41, 5.74) is -0.170. The molecule has 22 heavy (non-hydrogen) atoms. The molecule has 0 atom stereocenters. The van der Waals surface area contributed by atoms with E-state index < -0.39 is 17.7 Å². The molecule has 2 aromatic heterocycles. The SMILES string of the molecule is CCOC(=O)c1cc(C)nn1-c1cc(C(F)(F)F)cc(C)n1. The van der Waals surface area contributed by atoms with Crippen molar-refractivity contribution in [3.8, 4) is 5.82 Å². The molecule has 2 aromatic rings. The average molecular weight is 313 g/mol. The van der Waals surface area contributed by atoms with E-state index in [1.165, 1.54) is 13.0 Å². The van der Waals surface area contributed by atoms with Crippen molar-refractivity contribution in [1.29, 1.82) is 0 Å². The van der Waals surface area contributed by atoms with Crippen LogP contribution in [0.2, 0.25) is 0 Å². The van der Waals surface area contributed by atoms with Gasteiger partial charge in [0.15, 0.2) is 11.5 Å². The van der Waals surface area contributed by atoms with Crippen molar-refractivity contribution in [3.05, 3.63) is 40.8 Å². The molecular weight excluding hydrogens is 299 g/mol. The first-order chi connectivity index (χ1) is 10.2. The topological polar surface area (TPSA) is 57.0 Å². The summed E-state index contributed by atoms with van der Waals surface area (Å²) >= 11 is 0. The van der Waals surface area contributed by atoms with Gasteiger partial charge in [-0.3, -0.25) is 0 Å². The number of halogens is 3. The van der Waals surface area contributed by atoms with Crippen LogP contribution in [-0.4, -0.2) is 27.3 Å². The predicted molar refractivity (Wildman–Crippen MR) is 71.8 cm³/mol. The van der Waals surface area contributed by atoms with E-state index in [0.29, 0.717) is 5.69 Å². The molecule has 5 nitrogen and oxygen atoms in total. The Kier molecular flexibility index (Phi) is 4.20. The molecule has 0 aliphatic rings. The van der Waals surface area contributed by atoms with Crippen molar-refractivity contribution in [1.82, 2.24) is 14.8 Å². The van der Waals surface area contributed by atoms with Gasteiger partial charge in [0.05, 0.1) is 17.9 Å². The third-order valence-corrected chi connectivity index (χ3v) is 2.80. The second-order valence-corrected chi connectivity index (χ2v) is 4.66. The highest BCUT2D eigenvalue weighted by molar-refractivity contribution is 5.88. The molecule has 0 aliphatic heterocycles. The van der Waals surface area contributed by atoms with Crippen LogP contribution in [0.4, 0.5) is 13.2 Å². The van der Waals surface area contributed by atoms with E-state index in [2.05, 4.69) is 10.1 Å². The molecule has 0 radical (unpaired) electrons. The maximum Gasteiger partial charge on any atom is 0.416 e. The second-order valence-electron chi connectivity index (χ2n) is 4.66. The standard InChI is InChI=1S/C14H14F3N3O2/c1-4-22-13(21)11-6-9(3)19-20(11)12-7-10(14(15,16)17)5-8(2)18-12/h5-7H,4H2,1-3H3. The van der Waals surface area contributed by atoms with Crippen LogP contribution in [0.25, 0.3) is 5.82 Å². The maximum atomic E-state index is 12.9. The lowest BCUT2D eigenvalue weighted by molar-refractivity contribution is -0.137. The van der Waals surface area contributed by atoms with Gasteiger partial charge in [0.1, 0.15) is 0 Å². The number of rotatable bonds is 3. The number of aromatic nitrogens is 3. The quantitative estimate of drug-likeness (QED) is 0.817. The van der Waals surface area contributed by atoms with Crippen molar-refractivity contribution >= 4 is 5.97 Å². The van der Waals surface area contributed by atoms with Gasteiger partial charge in [-0.05, 0) is 39.0 Å². The molecule has 0 saturated heterocycles. The smallest absolute Gasteiger partial charge is 0.416 e. The zero-order valence-corrected chi connectivity index (χ0v) is 12.2. The molecule has 0 aromatic carbocycles. The molecule has 0 fully saturated rings. The fourth-order valence-corrected chi connectivity index (χ4v) is 1.95. The van der Waals surface area contributed by atoms with E-state index in [1.54, 1.807) is 13.8 Å². The highest BCUT2D eigenvalue weighted by atomic mass is 19.4. The lowest BCUT2D eigenvalue weighted by Gasteiger charge is -2.11. The Balaban J connectivity index is 2.57. The first-order valence-electron chi connectivity index (χ1n) is 6.52. The lowest BCUT2D eigenvalue weighted by atomic mass is 10.2. The monoisotopic (exact) mass is 313 g/mol. The van der Waals surface area contributed by atoms with Crippen molar-refractivity contribution in [3.63, 3.8) is 0 Å². The number of carbonyl (C=O) groups is 1. The maximum absolute atomic E-state index is 12.9. The van der Waals surface area contributed by atoms with Crippen LogP contribution < -0.4 is 0 Å². The minimum Gasteiger partial charge on any atom is -0.461 e. The summed E-state index contributed by atoms with van der Waals surface area (Å²) < 4.78 is 44.6. The Labute approximate surface area is 124 Å². The van der Waals surface area contributed by atoms with E-state index in [4.69, 9.17) is 4.74 Å². The Hall–Kier alpha value is -2.38. The van der Waals surface area contributed by atoms with Gasteiger partial charge < -0.3 is 4.74 Å². The summed E-state index contributed by atoms with van der Waals surface area (Å²) in [6, 6.07) is 3.22. The molecule has 0 unspecified atom stereocenters. The molecule has 118 valence electrons. The molecule has 0 bridgehead atoms. The Morgan fingerprint density at radius 3 is 2.50 bits per heavy atom. The van der Waals surface area contributed by atoms with Crippen LogP contribution in [0.1, 0.15) is 34.4 Å². The van der Waals surface area contributed by atoms with Gasteiger partial charge in [-0.15, -0.1) is 0 Å². The van der Waals surface area contributed by atoms with Gasteiger partial charge in [0.25, 0.3) is 0 Å². The normalized spacial score (nSPS) is 11.5. The van der Waals surface area contributed by atoms with Crippen molar-refractivity contribution in [2.75, 3.05) is 6.61 Å². The van der Waals surface area contributed by atoms with Crippen molar-refractivity contribution in [2.24, 2.45) is 0 Å². The summed E-state index contributed by atoms with van der Waals surface area (Å²) in [5, 5.41) is 4.03. The minimum absolute atomic E-state index is 0.0329. The number of hydrogen-bond acceptors (Lipinski definition) is 4. The third-order valence-electron chi connectivity index (χ3n) is 2.80. The first-order valence-corrected chi connectivity index (χ1v) is 6.52. The number of alkyl halides is 3. The minimum atomic E-state index is -4.51. The summed E-state index contributed by atoms with van der Waals surface area (Å²) in [5.74, 6) is -0.747. The van der Waals surface area contributed by atoms with Crippen molar-refractivity contribution in [2.45, 2.75) is 26.9 Å². The summed E-state index contributed by atoms with van der Waals surface area (Å²) in [6.45, 7) is 4.86. The summed E-state index contributed by atoms with van der Waals surface area (Å²) in [4.78, 5) is 15.9. The largest absolute Gasteiger partial charge is 0.461 e. The molecule has 0 amide bonds. The Bertz CT molecular complexity index is 708. The molecule has 0 N–H and O–H groups in total. The Morgan fingerprint density at radius 1 is 1.23 bits per heavy atom. The van der Waals surface area contributed by atoms with Gasteiger partial charge in [-0.2, -0.15) is 18.3 Å². The zero-order valence-electron chi connectivity index (χ0n) is 12.2. The van der Waals surface area contributed by atoms with Gasteiger partial charge in [0.2, 0.25) is 0 Å². The molecule has 0 aliphatic carbocycles. The highest BCUT2D eigenvalue weighted by Gasteiger charge is 2.32. The van der Waals surface area contributed by atoms with Crippen molar-refractivity contribution < 1.29 is 22.7 Å². The van der Waals surface area contributed by atoms with Gasteiger partial charge in [0, 0.05) is 5.69 Å². The summed E-state index contributed by atoms with van der Waals surface area (Å²) in [6.07, 6.45) is -4.51. The lowest BCUT2D eigenvalue weighted by Crippen LogP contribution is -2.15. The molecular formula is C14H14F3N3O2. The summed E-state index contributed by atoms with van der Waals surface area (Å²) in [7, 11) is 0. The molecule has 2 rings (SSSR count). The third kappa shape index (κ3) is 3.26. The Morgan fingerprint density at radius 2 is 1.91 bits per heavy atom. The number of ether oxygens (including phenoxy) is 1.